The van der Waals surface area contributed by atoms with E-state index in [9.17, 15) is 9.59 Å². The molecule has 2 nitrogen and oxygen atoms in total. The van der Waals surface area contributed by atoms with Gasteiger partial charge in [-0.05, 0) is 42.0 Å². The van der Waals surface area contributed by atoms with Crippen molar-refractivity contribution in [2.45, 2.75) is 38.5 Å². The Labute approximate surface area is 112 Å². The number of halogens is 1. The summed E-state index contributed by atoms with van der Waals surface area (Å²) in [4.78, 5) is 22.7. The monoisotopic (exact) mass is 264 g/mol. The molecule has 0 saturated heterocycles. The Hall–Kier alpha value is -1.15. The average molecular weight is 265 g/mol. The minimum atomic E-state index is -0.339. The van der Waals surface area contributed by atoms with Crippen LogP contribution in [0.3, 0.4) is 0 Å². The van der Waals surface area contributed by atoms with Crippen LogP contribution in [0, 0.1) is 5.92 Å². The molecule has 2 rings (SSSR count). The van der Waals surface area contributed by atoms with E-state index in [-0.39, 0.29) is 17.1 Å². The van der Waals surface area contributed by atoms with Crippen LogP contribution in [0.4, 0.5) is 0 Å². The summed E-state index contributed by atoms with van der Waals surface area (Å²) in [6.07, 6.45) is 3.60. The number of Topliss-reactive ketones (excluding diaryl/α,β-unsaturated/α-hetero) is 1. The Kier molecular flexibility index (Phi) is 4.18. The number of carbonyl (C=O) groups is 2. The maximum absolute atomic E-state index is 11.6. The van der Waals surface area contributed by atoms with Crippen LogP contribution >= 0.6 is 11.6 Å². The fraction of sp³-hybridized carbons (Fsp3) is 0.467. The summed E-state index contributed by atoms with van der Waals surface area (Å²) in [6, 6.07) is 7.86. The molecule has 3 heteroatoms. The summed E-state index contributed by atoms with van der Waals surface area (Å²) >= 11 is 5.48. The highest BCUT2D eigenvalue weighted by Gasteiger charge is 2.24. The molecule has 0 heterocycles. The van der Waals surface area contributed by atoms with E-state index in [1.807, 2.05) is 24.3 Å². The molecule has 1 saturated carbocycles. The third kappa shape index (κ3) is 2.99. The lowest BCUT2D eigenvalue weighted by atomic mass is 9.94. The molecule has 2 unspecified atom stereocenters. The maximum atomic E-state index is 11.6. The van der Waals surface area contributed by atoms with Gasteiger partial charge in [-0.15, -0.1) is 0 Å². The van der Waals surface area contributed by atoms with Crippen LogP contribution in [0.25, 0.3) is 0 Å². The molecular weight excluding hydrogens is 248 g/mol. The Bertz CT molecular complexity index is 450. The van der Waals surface area contributed by atoms with Gasteiger partial charge in [0.2, 0.25) is 5.24 Å². The lowest BCUT2D eigenvalue weighted by Crippen LogP contribution is -2.09. The molecule has 0 spiro atoms. The standard InChI is InChI=1S/C15H17ClO2/c1-10(15(16)18)12-7-5-11(6-8-12)9-13-3-2-4-14(13)17/h5-8,10,13H,2-4,9H2,1H3. The summed E-state index contributed by atoms with van der Waals surface area (Å²) in [5.41, 5.74) is 2.09. The summed E-state index contributed by atoms with van der Waals surface area (Å²) in [6.45, 7) is 1.80. The van der Waals surface area contributed by atoms with E-state index in [0.717, 1.165) is 36.8 Å². The Balaban J connectivity index is 2.03. The fourth-order valence-electron chi connectivity index (χ4n) is 2.46. The van der Waals surface area contributed by atoms with Gasteiger partial charge in [-0.2, -0.15) is 0 Å². The Morgan fingerprint density at radius 3 is 2.56 bits per heavy atom. The van der Waals surface area contributed by atoms with Crippen molar-refractivity contribution in [2.75, 3.05) is 0 Å². The second kappa shape index (κ2) is 5.66. The van der Waals surface area contributed by atoms with Crippen LogP contribution in [0.1, 0.15) is 43.2 Å². The topological polar surface area (TPSA) is 34.1 Å². The lowest BCUT2D eigenvalue weighted by molar-refractivity contribution is -0.120. The van der Waals surface area contributed by atoms with Gasteiger partial charge in [0.1, 0.15) is 5.78 Å². The minimum absolute atomic E-state index is 0.197. The van der Waals surface area contributed by atoms with E-state index >= 15 is 0 Å². The first kappa shape index (κ1) is 13.3. The van der Waals surface area contributed by atoms with Crippen LogP contribution in [-0.4, -0.2) is 11.0 Å². The molecule has 0 amide bonds. The van der Waals surface area contributed by atoms with Gasteiger partial charge >= 0.3 is 0 Å². The van der Waals surface area contributed by atoms with Crippen molar-refractivity contribution in [1.82, 2.24) is 0 Å². The molecule has 1 fully saturated rings. The van der Waals surface area contributed by atoms with Crippen LogP contribution in [0.5, 0.6) is 0 Å². The summed E-state index contributed by atoms with van der Waals surface area (Å²) in [5.74, 6) is 0.320. The zero-order valence-corrected chi connectivity index (χ0v) is 11.2. The fourth-order valence-corrected chi connectivity index (χ4v) is 2.59. The molecule has 1 aromatic rings. The zero-order valence-electron chi connectivity index (χ0n) is 10.5. The highest BCUT2D eigenvalue weighted by molar-refractivity contribution is 6.64. The number of hydrogen-bond acceptors (Lipinski definition) is 2. The first-order valence-electron chi connectivity index (χ1n) is 6.39. The quantitative estimate of drug-likeness (QED) is 0.781. The number of benzene rings is 1. The molecule has 0 aromatic heterocycles. The van der Waals surface area contributed by atoms with Gasteiger partial charge in [0, 0.05) is 12.3 Å². The molecule has 0 N–H and O–H groups in total. The summed E-state index contributed by atoms with van der Waals surface area (Å²) < 4.78 is 0. The van der Waals surface area contributed by atoms with Crippen LogP contribution in [0.2, 0.25) is 0 Å². The number of ketones is 1. The molecule has 1 aliphatic rings. The zero-order chi connectivity index (χ0) is 13.1. The number of hydrogen-bond donors (Lipinski definition) is 0. The smallest absolute Gasteiger partial charge is 0.228 e. The molecule has 18 heavy (non-hydrogen) atoms. The van der Waals surface area contributed by atoms with E-state index < -0.39 is 0 Å². The molecule has 0 radical (unpaired) electrons. The van der Waals surface area contributed by atoms with Gasteiger partial charge in [-0.3, -0.25) is 9.59 Å². The van der Waals surface area contributed by atoms with Crippen molar-refractivity contribution in [3.8, 4) is 0 Å². The molecule has 2 atom stereocenters. The van der Waals surface area contributed by atoms with E-state index in [4.69, 9.17) is 11.6 Å². The number of rotatable bonds is 4. The van der Waals surface area contributed by atoms with E-state index in [2.05, 4.69) is 0 Å². The normalized spacial score (nSPS) is 21.0. The Morgan fingerprint density at radius 2 is 2.06 bits per heavy atom. The lowest BCUT2D eigenvalue weighted by Gasteiger charge is -2.10. The van der Waals surface area contributed by atoms with Crippen molar-refractivity contribution >= 4 is 22.6 Å². The van der Waals surface area contributed by atoms with E-state index in [0.29, 0.717) is 5.78 Å². The molecule has 96 valence electrons. The van der Waals surface area contributed by atoms with Gasteiger partial charge in [0.05, 0.1) is 5.92 Å². The predicted molar refractivity (Wildman–Crippen MR) is 71.8 cm³/mol. The molecule has 0 aliphatic heterocycles. The maximum Gasteiger partial charge on any atom is 0.228 e. The first-order chi connectivity index (χ1) is 8.58. The SMILES string of the molecule is CC(C(=O)Cl)c1ccc(CC2CCCC2=O)cc1. The Morgan fingerprint density at radius 1 is 1.39 bits per heavy atom. The van der Waals surface area contributed by atoms with E-state index in [1.165, 1.54) is 0 Å². The second-order valence-electron chi connectivity index (χ2n) is 5.03. The third-order valence-corrected chi connectivity index (χ3v) is 4.06. The minimum Gasteiger partial charge on any atom is -0.299 e. The van der Waals surface area contributed by atoms with Crippen molar-refractivity contribution in [3.05, 3.63) is 35.4 Å². The number of carbonyl (C=O) groups excluding carboxylic acids is 2. The molecule has 0 bridgehead atoms. The van der Waals surface area contributed by atoms with Crippen LogP contribution < -0.4 is 0 Å². The summed E-state index contributed by atoms with van der Waals surface area (Å²) in [7, 11) is 0. The van der Waals surface area contributed by atoms with Gasteiger partial charge in [0.15, 0.2) is 0 Å². The highest BCUT2D eigenvalue weighted by atomic mass is 35.5. The largest absolute Gasteiger partial charge is 0.299 e. The van der Waals surface area contributed by atoms with Gasteiger partial charge in [-0.25, -0.2) is 0 Å². The second-order valence-corrected chi connectivity index (χ2v) is 5.40. The highest BCUT2D eigenvalue weighted by Crippen LogP contribution is 2.26. The van der Waals surface area contributed by atoms with Crippen molar-refractivity contribution in [1.29, 1.82) is 0 Å². The molecule has 1 aliphatic carbocycles. The average Bonchev–Trinajstić information content (AvgIpc) is 2.75. The third-order valence-electron chi connectivity index (χ3n) is 3.73. The van der Waals surface area contributed by atoms with Crippen molar-refractivity contribution in [2.24, 2.45) is 5.92 Å². The van der Waals surface area contributed by atoms with Crippen molar-refractivity contribution in [3.63, 3.8) is 0 Å². The summed E-state index contributed by atoms with van der Waals surface area (Å²) in [5, 5.41) is -0.339. The van der Waals surface area contributed by atoms with Crippen LogP contribution in [0.15, 0.2) is 24.3 Å². The van der Waals surface area contributed by atoms with Crippen molar-refractivity contribution < 1.29 is 9.59 Å². The molecule has 1 aromatic carbocycles. The van der Waals surface area contributed by atoms with Gasteiger partial charge < -0.3 is 0 Å². The van der Waals surface area contributed by atoms with Gasteiger partial charge in [0.25, 0.3) is 0 Å². The van der Waals surface area contributed by atoms with Gasteiger partial charge in [-0.1, -0.05) is 31.2 Å². The van der Waals surface area contributed by atoms with E-state index in [1.54, 1.807) is 6.92 Å². The van der Waals surface area contributed by atoms with Crippen LogP contribution in [-0.2, 0) is 16.0 Å². The predicted octanol–water partition coefficient (Wildman–Crippen LogP) is 3.47. The first-order valence-corrected chi connectivity index (χ1v) is 6.76. The molecular formula is C15H17ClO2.